The Balaban J connectivity index is 1.77. The summed E-state index contributed by atoms with van der Waals surface area (Å²) in [4.78, 5) is 20.5. The summed E-state index contributed by atoms with van der Waals surface area (Å²) < 4.78 is 0. The van der Waals surface area contributed by atoms with E-state index < -0.39 is 0 Å². The number of anilines is 2. The van der Waals surface area contributed by atoms with Crippen LogP contribution in [0.4, 0.5) is 11.6 Å². The number of hydrogen-bond acceptors (Lipinski definition) is 7. The Morgan fingerprint density at radius 3 is 2.29 bits per heavy atom. The van der Waals surface area contributed by atoms with Crippen LogP contribution in [-0.2, 0) is 0 Å². The first-order valence-corrected chi connectivity index (χ1v) is 9.59. The Bertz CT molecular complexity index is 930. The molecule has 0 unspecified atom stereocenters. The maximum absolute atomic E-state index is 6.05. The lowest BCUT2D eigenvalue weighted by Gasteiger charge is -2.30. The van der Waals surface area contributed by atoms with Crippen LogP contribution in [0, 0.1) is 6.92 Å². The van der Waals surface area contributed by atoms with Crippen molar-refractivity contribution < 1.29 is 0 Å². The van der Waals surface area contributed by atoms with Crippen molar-refractivity contribution in [3.63, 3.8) is 0 Å². The van der Waals surface area contributed by atoms with Crippen LogP contribution >= 0.6 is 0 Å². The maximum atomic E-state index is 6.05. The quantitative estimate of drug-likeness (QED) is 0.724. The number of rotatable bonds is 4. The van der Waals surface area contributed by atoms with Crippen molar-refractivity contribution in [1.82, 2.24) is 19.9 Å². The summed E-state index contributed by atoms with van der Waals surface area (Å²) in [5.74, 6) is 1.49. The maximum Gasteiger partial charge on any atom is 0.225 e. The molecule has 1 saturated heterocycles. The van der Waals surface area contributed by atoms with E-state index in [0.29, 0.717) is 0 Å². The Morgan fingerprint density at radius 1 is 0.964 bits per heavy atom. The largest absolute Gasteiger partial charge is 0.388 e. The molecule has 0 amide bonds. The molecule has 4 rings (SSSR count). The van der Waals surface area contributed by atoms with Crippen LogP contribution < -0.4 is 16.0 Å². The summed E-state index contributed by atoms with van der Waals surface area (Å²) in [6.07, 6.45) is 7.45. The molecule has 7 heteroatoms. The predicted molar refractivity (Wildman–Crippen MR) is 112 cm³/mol. The fourth-order valence-corrected chi connectivity index (χ4v) is 3.38. The topological polar surface area (TPSA) is 92.9 Å². The Hall–Kier alpha value is -3.06. The molecule has 0 radical (unpaired) electrons. The van der Waals surface area contributed by atoms with Gasteiger partial charge in [0.1, 0.15) is 5.82 Å². The van der Waals surface area contributed by atoms with Gasteiger partial charge in [-0.1, -0.05) is 12.1 Å². The molecular weight excluding hydrogens is 350 g/mol. The van der Waals surface area contributed by atoms with Gasteiger partial charge in [0, 0.05) is 67.1 Å². The van der Waals surface area contributed by atoms with Gasteiger partial charge in [0.15, 0.2) is 0 Å². The number of nitrogens with zero attached hydrogens (tertiary/aromatic N) is 5. The van der Waals surface area contributed by atoms with Gasteiger partial charge in [-0.25, -0.2) is 19.9 Å². The van der Waals surface area contributed by atoms with E-state index in [1.54, 1.807) is 0 Å². The number of benzene rings is 1. The average molecular weight is 375 g/mol. The first-order valence-electron chi connectivity index (χ1n) is 9.59. The third kappa shape index (κ3) is 3.80. The van der Waals surface area contributed by atoms with Gasteiger partial charge in [-0.15, -0.1) is 0 Å². The third-order valence-electron chi connectivity index (χ3n) is 5.14. The third-order valence-corrected chi connectivity index (χ3v) is 5.14. The Morgan fingerprint density at radius 2 is 1.64 bits per heavy atom. The summed E-state index contributed by atoms with van der Waals surface area (Å²) in [5, 5.41) is 3.15. The van der Waals surface area contributed by atoms with Gasteiger partial charge in [-0.05, 0) is 31.9 Å². The van der Waals surface area contributed by atoms with E-state index >= 15 is 0 Å². The molecule has 2 aromatic heterocycles. The summed E-state index contributed by atoms with van der Waals surface area (Å²) >= 11 is 0. The van der Waals surface area contributed by atoms with Crippen molar-refractivity contribution in [2.75, 3.05) is 30.4 Å². The molecule has 1 aliphatic heterocycles. The van der Waals surface area contributed by atoms with Gasteiger partial charge in [0.2, 0.25) is 5.95 Å². The second kappa shape index (κ2) is 7.90. The van der Waals surface area contributed by atoms with E-state index in [1.807, 2.05) is 44.7 Å². The number of nitrogens with two attached hydrogens (primary N) is 1. The van der Waals surface area contributed by atoms with Gasteiger partial charge < -0.3 is 16.0 Å². The fourth-order valence-electron chi connectivity index (χ4n) is 3.38. The minimum Gasteiger partial charge on any atom is -0.388 e. The minimum atomic E-state index is 0.272. The first kappa shape index (κ1) is 18.3. The summed E-state index contributed by atoms with van der Waals surface area (Å²) in [6.45, 7) is 3.64. The molecule has 0 saturated carbocycles. The van der Waals surface area contributed by atoms with Gasteiger partial charge in [-0.2, -0.15) is 0 Å². The number of aryl methyl sites for hydroxylation is 1. The van der Waals surface area contributed by atoms with E-state index in [2.05, 4.69) is 37.3 Å². The molecule has 3 heterocycles. The standard InChI is InChI=1S/C21H25N7/c1-14-24-11-16(12-25-14)19-13-26-21(28-9-7-17(22)8-10-28)27-20(19)15-3-5-18(23-2)6-4-15/h3-6,11-13,17,23H,7-10,22H2,1-2H3. The lowest BCUT2D eigenvalue weighted by Crippen LogP contribution is -2.40. The van der Waals surface area contributed by atoms with Gasteiger partial charge in [0.05, 0.1) is 5.69 Å². The van der Waals surface area contributed by atoms with Crippen LogP contribution in [0.15, 0.2) is 42.9 Å². The lowest BCUT2D eigenvalue weighted by molar-refractivity contribution is 0.495. The Kier molecular flexibility index (Phi) is 5.16. The lowest BCUT2D eigenvalue weighted by atomic mass is 10.0. The molecule has 1 aromatic carbocycles. The normalized spacial score (nSPS) is 14.9. The molecule has 3 aromatic rings. The molecule has 28 heavy (non-hydrogen) atoms. The molecule has 7 nitrogen and oxygen atoms in total. The zero-order chi connectivity index (χ0) is 19.5. The highest BCUT2D eigenvalue weighted by Crippen LogP contribution is 2.32. The molecule has 0 aliphatic carbocycles. The van der Waals surface area contributed by atoms with Crippen LogP contribution in [0.25, 0.3) is 22.4 Å². The molecule has 0 atom stereocenters. The van der Waals surface area contributed by atoms with E-state index in [1.165, 1.54) is 0 Å². The molecule has 144 valence electrons. The fraction of sp³-hybridized carbons (Fsp3) is 0.333. The molecule has 0 bridgehead atoms. The van der Waals surface area contributed by atoms with Crippen LogP contribution in [0.5, 0.6) is 0 Å². The van der Waals surface area contributed by atoms with Crippen molar-refractivity contribution in [3.05, 3.63) is 48.7 Å². The highest BCUT2D eigenvalue weighted by Gasteiger charge is 2.20. The average Bonchev–Trinajstić information content (AvgIpc) is 2.75. The smallest absolute Gasteiger partial charge is 0.225 e. The van der Waals surface area contributed by atoms with Gasteiger partial charge in [-0.3, -0.25) is 0 Å². The van der Waals surface area contributed by atoms with Crippen molar-refractivity contribution in [3.8, 4) is 22.4 Å². The zero-order valence-electron chi connectivity index (χ0n) is 16.3. The zero-order valence-corrected chi connectivity index (χ0v) is 16.3. The molecule has 0 spiro atoms. The molecule has 1 aliphatic rings. The second-order valence-corrected chi connectivity index (χ2v) is 7.10. The summed E-state index contributed by atoms with van der Waals surface area (Å²) in [6, 6.07) is 8.51. The predicted octanol–water partition coefficient (Wildman–Crippen LogP) is 2.88. The van der Waals surface area contributed by atoms with Gasteiger partial charge >= 0.3 is 0 Å². The van der Waals surface area contributed by atoms with Crippen LogP contribution in [-0.4, -0.2) is 46.1 Å². The van der Waals surface area contributed by atoms with E-state index in [9.17, 15) is 0 Å². The Labute approximate surface area is 165 Å². The van der Waals surface area contributed by atoms with E-state index in [0.717, 1.165) is 65.8 Å². The van der Waals surface area contributed by atoms with E-state index in [4.69, 9.17) is 10.7 Å². The minimum absolute atomic E-state index is 0.272. The van der Waals surface area contributed by atoms with Crippen molar-refractivity contribution in [2.24, 2.45) is 5.73 Å². The van der Waals surface area contributed by atoms with Crippen LogP contribution in [0.3, 0.4) is 0 Å². The van der Waals surface area contributed by atoms with Crippen molar-refractivity contribution in [2.45, 2.75) is 25.8 Å². The summed E-state index contributed by atoms with van der Waals surface area (Å²) in [5.41, 5.74) is 10.9. The van der Waals surface area contributed by atoms with Crippen LogP contribution in [0.2, 0.25) is 0 Å². The number of piperidine rings is 1. The SMILES string of the molecule is CNc1ccc(-c2nc(N3CCC(N)CC3)ncc2-c2cnc(C)nc2)cc1. The van der Waals surface area contributed by atoms with Crippen molar-refractivity contribution >= 4 is 11.6 Å². The first-order chi connectivity index (χ1) is 13.6. The molecule has 1 fully saturated rings. The monoisotopic (exact) mass is 375 g/mol. The highest BCUT2D eigenvalue weighted by molar-refractivity contribution is 5.80. The molecular formula is C21H25N7. The highest BCUT2D eigenvalue weighted by atomic mass is 15.3. The summed E-state index contributed by atoms with van der Waals surface area (Å²) in [7, 11) is 1.91. The van der Waals surface area contributed by atoms with E-state index in [-0.39, 0.29) is 6.04 Å². The van der Waals surface area contributed by atoms with Crippen molar-refractivity contribution in [1.29, 1.82) is 0 Å². The van der Waals surface area contributed by atoms with Crippen LogP contribution in [0.1, 0.15) is 18.7 Å². The second-order valence-electron chi connectivity index (χ2n) is 7.10. The number of nitrogens with one attached hydrogen (secondary N) is 1. The number of hydrogen-bond donors (Lipinski definition) is 2. The number of aromatic nitrogens is 4. The molecule has 3 N–H and O–H groups in total. The van der Waals surface area contributed by atoms with Gasteiger partial charge in [0.25, 0.3) is 0 Å².